The molecule has 1 aromatic rings. The van der Waals surface area contributed by atoms with Gasteiger partial charge in [-0.25, -0.2) is 4.79 Å². The number of rotatable bonds is 2. The third-order valence-corrected chi connectivity index (χ3v) is 2.84. The highest BCUT2D eigenvalue weighted by atomic mass is 35.5. The predicted octanol–water partition coefficient (Wildman–Crippen LogP) is 2.73. The number of hydrogen-bond donors (Lipinski definition) is 0. The Labute approximate surface area is 117 Å². The zero-order valence-corrected chi connectivity index (χ0v) is 12.0. The van der Waals surface area contributed by atoms with Crippen molar-refractivity contribution >= 4 is 17.7 Å². The Bertz CT molecular complexity index is 467. The van der Waals surface area contributed by atoms with Crippen molar-refractivity contribution in [3.8, 4) is 5.75 Å². The number of carbonyl (C=O) groups is 1. The number of aromatic nitrogens is 1. The van der Waals surface area contributed by atoms with Gasteiger partial charge >= 0.3 is 6.09 Å². The van der Waals surface area contributed by atoms with Crippen LogP contribution in [0.2, 0.25) is 5.02 Å². The van der Waals surface area contributed by atoms with E-state index in [2.05, 4.69) is 4.98 Å². The fraction of sp³-hybridized carbons (Fsp3) is 0.538. The van der Waals surface area contributed by atoms with Gasteiger partial charge in [-0.2, -0.15) is 0 Å². The molecule has 1 aromatic heterocycles. The van der Waals surface area contributed by atoms with Gasteiger partial charge in [-0.3, -0.25) is 4.98 Å². The van der Waals surface area contributed by atoms with E-state index in [0.29, 0.717) is 23.9 Å². The molecule has 1 amide bonds. The van der Waals surface area contributed by atoms with E-state index in [1.165, 1.54) is 0 Å². The van der Waals surface area contributed by atoms with Crippen molar-refractivity contribution in [2.24, 2.45) is 0 Å². The fourth-order valence-electron chi connectivity index (χ4n) is 1.62. The highest BCUT2D eigenvalue weighted by Crippen LogP contribution is 2.26. The molecule has 0 N–H and O–H groups in total. The van der Waals surface area contributed by atoms with E-state index in [0.717, 1.165) is 0 Å². The van der Waals surface area contributed by atoms with Gasteiger partial charge in [0.1, 0.15) is 11.7 Å². The van der Waals surface area contributed by atoms with Crippen molar-refractivity contribution in [3.63, 3.8) is 0 Å². The second kappa shape index (κ2) is 5.25. The maximum absolute atomic E-state index is 11.7. The summed E-state index contributed by atoms with van der Waals surface area (Å²) in [5, 5.41) is 0.519. The van der Waals surface area contributed by atoms with E-state index in [-0.39, 0.29) is 12.2 Å². The molecule has 0 aliphatic carbocycles. The average molecular weight is 285 g/mol. The molecule has 0 spiro atoms. The molecule has 1 saturated heterocycles. The molecule has 0 aromatic carbocycles. The number of carbonyl (C=O) groups excluding carboxylic acids is 1. The molecule has 5 nitrogen and oxygen atoms in total. The Morgan fingerprint density at radius 1 is 1.47 bits per heavy atom. The van der Waals surface area contributed by atoms with Gasteiger partial charge in [0.25, 0.3) is 0 Å². The van der Waals surface area contributed by atoms with Crippen LogP contribution in [0.4, 0.5) is 4.79 Å². The normalized spacial score (nSPS) is 15.9. The van der Waals surface area contributed by atoms with Crippen LogP contribution in [0.15, 0.2) is 18.5 Å². The zero-order chi connectivity index (χ0) is 14.0. The summed E-state index contributed by atoms with van der Waals surface area (Å²) >= 11 is 5.97. The Balaban J connectivity index is 1.81. The molecule has 19 heavy (non-hydrogen) atoms. The lowest BCUT2D eigenvalue weighted by atomic mass is 10.1. The number of amides is 1. The lowest BCUT2D eigenvalue weighted by molar-refractivity contribution is -0.0221. The van der Waals surface area contributed by atoms with Crippen LogP contribution in [0.25, 0.3) is 0 Å². The minimum absolute atomic E-state index is 0.0609. The number of halogens is 1. The van der Waals surface area contributed by atoms with Crippen molar-refractivity contribution in [2.45, 2.75) is 32.5 Å². The molecule has 104 valence electrons. The largest absolute Gasteiger partial charge is 0.484 e. The van der Waals surface area contributed by atoms with Crippen LogP contribution in [0.1, 0.15) is 20.8 Å². The van der Waals surface area contributed by atoms with Gasteiger partial charge in [-0.05, 0) is 26.8 Å². The van der Waals surface area contributed by atoms with Crippen molar-refractivity contribution in [1.29, 1.82) is 0 Å². The summed E-state index contributed by atoms with van der Waals surface area (Å²) in [4.78, 5) is 17.3. The van der Waals surface area contributed by atoms with Crippen molar-refractivity contribution in [2.75, 3.05) is 13.1 Å². The Morgan fingerprint density at radius 3 is 2.74 bits per heavy atom. The quantitative estimate of drug-likeness (QED) is 0.838. The first kappa shape index (κ1) is 13.9. The first-order chi connectivity index (χ1) is 8.85. The van der Waals surface area contributed by atoms with Crippen LogP contribution >= 0.6 is 11.6 Å². The molecule has 0 unspecified atom stereocenters. The van der Waals surface area contributed by atoms with E-state index in [9.17, 15) is 4.79 Å². The van der Waals surface area contributed by atoms with Crippen LogP contribution in [0.3, 0.4) is 0 Å². The topological polar surface area (TPSA) is 51.7 Å². The van der Waals surface area contributed by atoms with Crippen molar-refractivity contribution < 1.29 is 14.3 Å². The van der Waals surface area contributed by atoms with E-state index >= 15 is 0 Å². The minimum atomic E-state index is -0.477. The summed E-state index contributed by atoms with van der Waals surface area (Å²) in [6.07, 6.45) is 2.79. The summed E-state index contributed by atoms with van der Waals surface area (Å²) in [7, 11) is 0. The molecule has 0 radical (unpaired) electrons. The highest BCUT2D eigenvalue weighted by molar-refractivity contribution is 6.31. The second-order valence-electron chi connectivity index (χ2n) is 5.43. The van der Waals surface area contributed by atoms with Gasteiger partial charge < -0.3 is 14.4 Å². The molecular weight excluding hydrogens is 268 g/mol. The molecule has 2 rings (SSSR count). The molecule has 1 aliphatic heterocycles. The summed E-state index contributed by atoms with van der Waals surface area (Å²) in [6, 6.07) is 1.67. The lowest BCUT2D eigenvalue weighted by Crippen LogP contribution is -2.57. The lowest BCUT2D eigenvalue weighted by Gasteiger charge is -2.39. The third kappa shape index (κ3) is 3.73. The van der Waals surface area contributed by atoms with Gasteiger partial charge in [0.15, 0.2) is 5.75 Å². The van der Waals surface area contributed by atoms with Crippen LogP contribution < -0.4 is 4.74 Å². The molecule has 0 atom stereocenters. The molecule has 1 aliphatic rings. The van der Waals surface area contributed by atoms with Gasteiger partial charge in [-0.1, -0.05) is 11.6 Å². The second-order valence-corrected chi connectivity index (χ2v) is 5.84. The number of pyridine rings is 1. The van der Waals surface area contributed by atoms with E-state index in [4.69, 9.17) is 21.1 Å². The van der Waals surface area contributed by atoms with Crippen molar-refractivity contribution in [1.82, 2.24) is 9.88 Å². The van der Waals surface area contributed by atoms with Gasteiger partial charge in [-0.15, -0.1) is 0 Å². The number of likely N-dealkylation sites (tertiary alicyclic amines) is 1. The van der Waals surface area contributed by atoms with Crippen molar-refractivity contribution in [3.05, 3.63) is 23.5 Å². The first-order valence-corrected chi connectivity index (χ1v) is 6.47. The third-order valence-electron chi connectivity index (χ3n) is 2.53. The maximum atomic E-state index is 11.7. The molecule has 0 saturated carbocycles. The molecule has 1 fully saturated rings. The Morgan fingerprint density at radius 2 is 2.16 bits per heavy atom. The van der Waals surface area contributed by atoms with Crippen LogP contribution in [0.5, 0.6) is 5.75 Å². The van der Waals surface area contributed by atoms with Crippen LogP contribution in [0, 0.1) is 0 Å². The zero-order valence-electron chi connectivity index (χ0n) is 11.2. The maximum Gasteiger partial charge on any atom is 0.410 e. The highest BCUT2D eigenvalue weighted by Gasteiger charge is 2.35. The number of nitrogens with zero attached hydrogens (tertiary/aromatic N) is 2. The summed E-state index contributed by atoms with van der Waals surface area (Å²) in [5.74, 6) is 0.540. The van der Waals surface area contributed by atoms with Gasteiger partial charge in [0, 0.05) is 6.20 Å². The van der Waals surface area contributed by atoms with Crippen LogP contribution in [-0.2, 0) is 4.74 Å². The monoisotopic (exact) mass is 284 g/mol. The molecule has 2 heterocycles. The number of ether oxygens (including phenoxy) is 2. The fourth-order valence-corrected chi connectivity index (χ4v) is 1.77. The van der Waals surface area contributed by atoms with Gasteiger partial charge in [0.2, 0.25) is 0 Å². The molecular formula is C13H17ClN2O3. The summed E-state index contributed by atoms with van der Waals surface area (Å²) in [6.45, 7) is 6.52. The minimum Gasteiger partial charge on any atom is -0.484 e. The van der Waals surface area contributed by atoms with E-state index in [1.807, 2.05) is 20.8 Å². The van der Waals surface area contributed by atoms with E-state index in [1.54, 1.807) is 23.4 Å². The van der Waals surface area contributed by atoms with Gasteiger partial charge in [0.05, 0.1) is 24.3 Å². The SMILES string of the molecule is CC(C)(C)OC(=O)N1CC(Oc2cnccc2Cl)C1. The average Bonchev–Trinajstić information content (AvgIpc) is 2.22. The predicted molar refractivity (Wildman–Crippen MR) is 71.5 cm³/mol. The first-order valence-electron chi connectivity index (χ1n) is 6.09. The Kier molecular flexibility index (Phi) is 3.85. The number of hydrogen-bond acceptors (Lipinski definition) is 4. The molecule has 6 heteroatoms. The smallest absolute Gasteiger partial charge is 0.410 e. The van der Waals surface area contributed by atoms with Crippen LogP contribution in [-0.4, -0.2) is 40.8 Å². The van der Waals surface area contributed by atoms with E-state index < -0.39 is 5.60 Å². The Hall–Kier alpha value is -1.49. The summed E-state index contributed by atoms with van der Waals surface area (Å²) < 4.78 is 10.9. The summed E-state index contributed by atoms with van der Waals surface area (Å²) in [5.41, 5.74) is -0.477. The molecule has 0 bridgehead atoms. The standard InChI is InChI=1S/C13H17ClN2O3/c1-13(2,3)19-12(17)16-7-9(8-16)18-11-6-15-5-4-10(11)14/h4-6,9H,7-8H2,1-3H3.